The van der Waals surface area contributed by atoms with Crippen LogP contribution in [-0.4, -0.2) is 43.7 Å². The molecule has 0 aliphatic rings. The quantitative estimate of drug-likeness (QED) is 0.701. The van der Waals surface area contributed by atoms with Gasteiger partial charge in [-0.1, -0.05) is 6.92 Å². The van der Waals surface area contributed by atoms with E-state index in [2.05, 4.69) is 4.74 Å². The summed E-state index contributed by atoms with van der Waals surface area (Å²) in [7, 11) is -2.36. The van der Waals surface area contributed by atoms with Gasteiger partial charge in [0.2, 0.25) is 0 Å². The molecule has 2 unspecified atom stereocenters. The number of sulfone groups is 1. The lowest BCUT2D eigenvalue weighted by Gasteiger charge is -2.16. The minimum Gasteiger partial charge on any atom is -0.480 e. The van der Waals surface area contributed by atoms with Gasteiger partial charge in [0, 0.05) is 7.11 Å². The van der Waals surface area contributed by atoms with Crippen molar-refractivity contribution in [2.45, 2.75) is 30.8 Å². The number of rotatable bonds is 6. The average molecular weight is 224 g/mol. The van der Waals surface area contributed by atoms with Crippen LogP contribution in [0.25, 0.3) is 0 Å². The van der Waals surface area contributed by atoms with Crippen molar-refractivity contribution in [1.29, 1.82) is 0 Å². The highest BCUT2D eigenvalue weighted by Crippen LogP contribution is 2.13. The topological polar surface area (TPSA) is 80.7 Å². The number of methoxy groups -OCH3 is 1. The summed E-state index contributed by atoms with van der Waals surface area (Å²) in [4.78, 5) is 10.7. The summed E-state index contributed by atoms with van der Waals surface area (Å²) in [5.41, 5.74) is 0. The normalized spacial score (nSPS) is 16.2. The Hall–Kier alpha value is -0.620. The van der Waals surface area contributed by atoms with Gasteiger partial charge >= 0.3 is 5.97 Å². The number of hydrogen-bond donors (Lipinski definition) is 1. The minimum absolute atomic E-state index is 0.304. The van der Waals surface area contributed by atoms with Crippen LogP contribution in [0.2, 0.25) is 0 Å². The number of aliphatic carboxylic acids is 1. The van der Waals surface area contributed by atoms with Gasteiger partial charge in [-0.15, -0.1) is 0 Å². The molecule has 0 radical (unpaired) electrons. The van der Waals surface area contributed by atoms with Crippen molar-refractivity contribution in [1.82, 2.24) is 0 Å². The SMILES string of the molecule is CCC(C)S(=O)(=O)C(COC)C(=O)O. The van der Waals surface area contributed by atoms with E-state index in [1.807, 2.05) is 0 Å². The number of hydrogen-bond acceptors (Lipinski definition) is 4. The second kappa shape index (κ2) is 5.31. The van der Waals surface area contributed by atoms with Crippen LogP contribution in [0.3, 0.4) is 0 Å². The first-order valence-corrected chi connectivity index (χ1v) is 5.93. The second-order valence-electron chi connectivity index (χ2n) is 3.09. The lowest BCUT2D eigenvalue weighted by molar-refractivity contribution is -0.137. The predicted octanol–water partition coefficient (Wildman–Crippen LogP) is 0.299. The molecule has 0 aromatic heterocycles. The third-order valence-electron chi connectivity index (χ3n) is 2.13. The largest absolute Gasteiger partial charge is 0.480 e. The summed E-state index contributed by atoms with van der Waals surface area (Å²) in [6.07, 6.45) is 0.399. The highest BCUT2D eigenvalue weighted by Gasteiger charge is 2.35. The summed E-state index contributed by atoms with van der Waals surface area (Å²) < 4.78 is 27.9. The fourth-order valence-corrected chi connectivity index (χ4v) is 2.60. The molecule has 0 spiro atoms. The molecule has 2 atom stereocenters. The molecule has 0 aromatic carbocycles. The molecule has 0 saturated carbocycles. The Labute approximate surface area is 84.0 Å². The van der Waals surface area contributed by atoms with Crippen LogP contribution in [-0.2, 0) is 19.4 Å². The van der Waals surface area contributed by atoms with E-state index in [9.17, 15) is 13.2 Å². The van der Waals surface area contributed by atoms with Crippen LogP contribution in [0.15, 0.2) is 0 Å². The van der Waals surface area contributed by atoms with Gasteiger partial charge in [-0.05, 0) is 13.3 Å². The Morgan fingerprint density at radius 1 is 1.50 bits per heavy atom. The van der Waals surface area contributed by atoms with Gasteiger partial charge in [-0.25, -0.2) is 8.42 Å². The molecule has 14 heavy (non-hydrogen) atoms. The van der Waals surface area contributed by atoms with Crippen molar-refractivity contribution in [2.24, 2.45) is 0 Å². The van der Waals surface area contributed by atoms with E-state index >= 15 is 0 Å². The molecule has 6 heteroatoms. The Balaban J connectivity index is 4.90. The maximum atomic E-state index is 11.6. The second-order valence-corrected chi connectivity index (χ2v) is 5.64. The summed E-state index contributed by atoms with van der Waals surface area (Å²) in [5.74, 6) is -1.35. The molecular formula is C8H16O5S. The van der Waals surface area contributed by atoms with Gasteiger partial charge in [0.25, 0.3) is 0 Å². The molecular weight excluding hydrogens is 208 g/mol. The van der Waals surface area contributed by atoms with Gasteiger partial charge in [-0.3, -0.25) is 4.79 Å². The molecule has 0 bridgehead atoms. The molecule has 0 aliphatic heterocycles. The third kappa shape index (κ3) is 2.95. The maximum Gasteiger partial charge on any atom is 0.324 e. The summed E-state index contributed by atoms with van der Waals surface area (Å²) in [6, 6.07) is 0. The standard InChI is InChI=1S/C8H16O5S/c1-4-6(2)14(11,12)7(5-13-3)8(9)10/h6-7H,4-5H2,1-3H3,(H,9,10). The van der Waals surface area contributed by atoms with E-state index in [1.54, 1.807) is 6.92 Å². The van der Waals surface area contributed by atoms with Gasteiger partial charge in [-0.2, -0.15) is 0 Å². The van der Waals surface area contributed by atoms with Gasteiger partial charge < -0.3 is 9.84 Å². The van der Waals surface area contributed by atoms with Crippen LogP contribution in [0.4, 0.5) is 0 Å². The van der Waals surface area contributed by atoms with Crippen molar-refractivity contribution < 1.29 is 23.1 Å². The first-order valence-electron chi connectivity index (χ1n) is 4.32. The van der Waals surface area contributed by atoms with Crippen LogP contribution < -0.4 is 0 Å². The molecule has 0 aliphatic carbocycles. The molecule has 0 amide bonds. The van der Waals surface area contributed by atoms with Crippen LogP contribution in [0.5, 0.6) is 0 Å². The number of carboxylic acids is 1. The van der Waals surface area contributed by atoms with Crippen LogP contribution in [0.1, 0.15) is 20.3 Å². The lowest BCUT2D eigenvalue weighted by atomic mass is 10.4. The fourth-order valence-electron chi connectivity index (χ4n) is 0.971. The molecule has 5 nitrogen and oxygen atoms in total. The monoisotopic (exact) mass is 224 g/mol. The molecule has 1 N–H and O–H groups in total. The highest BCUT2D eigenvalue weighted by molar-refractivity contribution is 7.93. The highest BCUT2D eigenvalue weighted by atomic mass is 32.2. The van der Waals surface area contributed by atoms with Crippen molar-refractivity contribution in [2.75, 3.05) is 13.7 Å². The zero-order valence-electron chi connectivity index (χ0n) is 8.56. The van der Waals surface area contributed by atoms with Crippen molar-refractivity contribution in [3.8, 4) is 0 Å². The molecule has 0 rings (SSSR count). The number of ether oxygens (including phenoxy) is 1. The van der Waals surface area contributed by atoms with Crippen molar-refractivity contribution in [3.63, 3.8) is 0 Å². The summed E-state index contributed by atoms with van der Waals surface area (Å²) in [6.45, 7) is 2.90. The van der Waals surface area contributed by atoms with Crippen molar-refractivity contribution in [3.05, 3.63) is 0 Å². The van der Waals surface area contributed by atoms with E-state index in [0.29, 0.717) is 6.42 Å². The maximum absolute atomic E-state index is 11.6. The van der Waals surface area contributed by atoms with E-state index in [1.165, 1.54) is 14.0 Å². The van der Waals surface area contributed by atoms with Crippen LogP contribution >= 0.6 is 0 Å². The van der Waals surface area contributed by atoms with Gasteiger partial charge in [0.15, 0.2) is 15.1 Å². The smallest absolute Gasteiger partial charge is 0.324 e. The average Bonchev–Trinajstić information content (AvgIpc) is 2.11. The number of carbonyl (C=O) groups is 1. The Morgan fingerprint density at radius 2 is 2.00 bits per heavy atom. The zero-order chi connectivity index (χ0) is 11.4. The lowest BCUT2D eigenvalue weighted by Crippen LogP contribution is -2.39. The first-order chi connectivity index (χ1) is 6.37. The zero-order valence-corrected chi connectivity index (χ0v) is 9.37. The van der Waals surface area contributed by atoms with E-state index in [0.717, 1.165) is 0 Å². The summed E-state index contributed by atoms with van der Waals surface area (Å²) in [5, 5.41) is 6.62. The van der Waals surface area contributed by atoms with Gasteiger partial charge in [0.1, 0.15) is 0 Å². The number of carboxylic acid groups (broad SMARTS) is 1. The molecule has 0 aromatic rings. The molecule has 0 fully saturated rings. The minimum atomic E-state index is -3.64. The van der Waals surface area contributed by atoms with Crippen molar-refractivity contribution >= 4 is 15.8 Å². The predicted molar refractivity (Wildman–Crippen MR) is 52.0 cm³/mol. The van der Waals surface area contributed by atoms with Gasteiger partial charge in [0.05, 0.1) is 11.9 Å². The molecule has 0 saturated heterocycles. The van der Waals surface area contributed by atoms with E-state index in [4.69, 9.17) is 5.11 Å². The van der Waals surface area contributed by atoms with E-state index in [-0.39, 0.29) is 6.61 Å². The van der Waals surface area contributed by atoms with E-state index < -0.39 is 26.3 Å². The first kappa shape index (κ1) is 13.4. The van der Waals surface area contributed by atoms with Crippen LogP contribution in [0, 0.1) is 0 Å². The third-order valence-corrected chi connectivity index (χ3v) is 4.71. The Morgan fingerprint density at radius 3 is 2.29 bits per heavy atom. The molecule has 84 valence electrons. The summed E-state index contributed by atoms with van der Waals surface area (Å²) >= 11 is 0. The molecule has 0 heterocycles. The Kier molecular flexibility index (Phi) is 5.07. The fraction of sp³-hybridized carbons (Fsp3) is 0.875. The Bertz CT molecular complexity index is 282.